The average Bonchev–Trinajstić information content (AvgIpc) is 2.95. The van der Waals surface area contributed by atoms with E-state index in [1.54, 1.807) is 12.0 Å². The first kappa shape index (κ1) is 14.7. The molecule has 6 nitrogen and oxygen atoms in total. The summed E-state index contributed by atoms with van der Waals surface area (Å²) in [7, 11) is 1.60. The van der Waals surface area contributed by atoms with E-state index in [0.29, 0.717) is 36.7 Å². The first-order valence-electron chi connectivity index (χ1n) is 7.43. The number of carbonyl (C=O) groups is 1. The number of nitrogens with zero attached hydrogens (tertiary/aromatic N) is 1. The Balaban J connectivity index is 1.65. The third-order valence-electron chi connectivity index (χ3n) is 3.88. The van der Waals surface area contributed by atoms with E-state index in [9.17, 15) is 9.90 Å². The van der Waals surface area contributed by atoms with Crippen molar-refractivity contribution >= 4 is 17.0 Å². The van der Waals surface area contributed by atoms with Gasteiger partial charge in [-0.15, -0.1) is 0 Å². The van der Waals surface area contributed by atoms with Crippen LogP contribution in [0.15, 0.2) is 28.7 Å². The predicted molar refractivity (Wildman–Crippen MR) is 81.8 cm³/mol. The summed E-state index contributed by atoms with van der Waals surface area (Å²) in [4.78, 5) is 13.7. The van der Waals surface area contributed by atoms with Crippen molar-refractivity contribution in [1.29, 1.82) is 0 Å². The van der Waals surface area contributed by atoms with Crippen LogP contribution in [-0.2, 0) is 6.54 Å². The van der Waals surface area contributed by atoms with Crippen LogP contribution in [0.1, 0.15) is 18.6 Å². The largest absolute Gasteiger partial charge is 0.493 e. The van der Waals surface area contributed by atoms with E-state index in [1.807, 2.05) is 24.3 Å². The number of fused-ring (bicyclic) bond motifs is 1. The molecule has 2 aromatic rings. The average molecular weight is 304 g/mol. The second kappa shape index (κ2) is 6.27. The van der Waals surface area contributed by atoms with Gasteiger partial charge in [0.15, 0.2) is 11.3 Å². The molecule has 0 bridgehead atoms. The van der Waals surface area contributed by atoms with Gasteiger partial charge in [-0.05, 0) is 25.0 Å². The number of ether oxygens (including phenoxy) is 1. The lowest BCUT2D eigenvalue weighted by Crippen LogP contribution is -2.46. The molecule has 0 unspecified atom stereocenters. The van der Waals surface area contributed by atoms with Gasteiger partial charge in [-0.1, -0.05) is 12.1 Å². The van der Waals surface area contributed by atoms with Gasteiger partial charge < -0.3 is 24.5 Å². The van der Waals surface area contributed by atoms with Crippen molar-refractivity contribution in [2.75, 3.05) is 20.2 Å². The fourth-order valence-electron chi connectivity index (χ4n) is 2.75. The van der Waals surface area contributed by atoms with Crippen LogP contribution in [0.4, 0.5) is 4.79 Å². The van der Waals surface area contributed by atoms with Gasteiger partial charge in [0.05, 0.1) is 19.8 Å². The maximum atomic E-state index is 12.1. The van der Waals surface area contributed by atoms with E-state index >= 15 is 0 Å². The molecule has 2 heterocycles. The zero-order valence-corrected chi connectivity index (χ0v) is 12.5. The first-order chi connectivity index (χ1) is 10.7. The van der Waals surface area contributed by atoms with Crippen molar-refractivity contribution in [1.82, 2.24) is 10.2 Å². The summed E-state index contributed by atoms with van der Waals surface area (Å²) in [5, 5.41) is 13.4. The maximum Gasteiger partial charge on any atom is 0.317 e. The molecule has 2 N–H and O–H groups in total. The lowest BCUT2D eigenvalue weighted by atomic mass is 10.1. The molecule has 1 atom stereocenters. The SMILES string of the molecule is COc1cccc2cc(CNC(=O)N3CCC[C@@H](O)C3)oc12. The van der Waals surface area contributed by atoms with Gasteiger partial charge in [-0.3, -0.25) is 0 Å². The van der Waals surface area contributed by atoms with Gasteiger partial charge >= 0.3 is 6.03 Å². The zero-order valence-electron chi connectivity index (χ0n) is 12.5. The maximum absolute atomic E-state index is 12.1. The van der Waals surface area contributed by atoms with Crippen LogP contribution in [0.25, 0.3) is 11.0 Å². The number of carbonyl (C=O) groups excluding carboxylic acids is 1. The Kier molecular flexibility index (Phi) is 4.20. The molecule has 1 aromatic heterocycles. The molecule has 22 heavy (non-hydrogen) atoms. The highest BCUT2D eigenvalue weighted by Crippen LogP contribution is 2.28. The Labute approximate surface area is 128 Å². The molecule has 3 rings (SSSR count). The summed E-state index contributed by atoms with van der Waals surface area (Å²) >= 11 is 0. The predicted octanol–water partition coefficient (Wildman–Crippen LogP) is 2.11. The fraction of sp³-hybridized carbons (Fsp3) is 0.438. The number of aliphatic hydroxyl groups is 1. The van der Waals surface area contributed by atoms with Crippen molar-refractivity contribution in [2.45, 2.75) is 25.5 Å². The molecule has 1 aliphatic heterocycles. The van der Waals surface area contributed by atoms with Crippen molar-refractivity contribution in [3.05, 3.63) is 30.0 Å². The highest BCUT2D eigenvalue weighted by molar-refractivity contribution is 5.83. The number of nitrogens with one attached hydrogen (secondary N) is 1. The van der Waals surface area contributed by atoms with E-state index in [-0.39, 0.29) is 6.03 Å². The third kappa shape index (κ3) is 3.01. The molecule has 0 aliphatic carbocycles. The van der Waals surface area contributed by atoms with Crippen molar-refractivity contribution in [3.8, 4) is 5.75 Å². The zero-order chi connectivity index (χ0) is 15.5. The molecule has 1 aliphatic rings. The lowest BCUT2D eigenvalue weighted by molar-refractivity contribution is 0.0840. The summed E-state index contributed by atoms with van der Waals surface area (Å²) in [6.45, 7) is 1.37. The number of furan rings is 1. The minimum absolute atomic E-state index is 0.175. The second-order valence-electron chi connectivity index (χ2n) is 5.49. The normalized spacial score (nSPS) is 18.5. The van der Waals surface area contributed by atoms with Crippen LogP contribution in [0.3, 0.4) is 0 Å². The highest BCUT2D eigenvalue weighted by atomic mass is 16.5. The topological polar surface area (TPSA) is 74.9 Å². The number of amides is 2. The second-order valence-corrected chi connectivity index (χ2v) is 5.49. The Morgan fingerprint density at radius 3 is 3.18 bits per heavy atom. The van der Waals surface area contributed by atoms with E-state index in [1.165, 1.54) is 0 Å². The first-order valence-corrected chi connectivity index (χ1v) is 7.43. The summed E-state index contributed by atoms with van der Waals surface area (Å²) in [6.07, 6.45) is 1.17. The number of β-amino-alcohol motifs (C(OH)–C–C–N with tert-alkyl or cyclic N) is 1. The summed E-state index contributed by atoms with van der Waals surface area (Å²) in [6, 6.07) is 7.39. The van der Waals surface area contributed by atoms with E-state index in [4.69, 9.17) is 9.15 Å². The van der Waals surface area contributed by atoms with Crippen molar-refractivity contribution < 1.29 is 19.1 Å². The van der Waals surface area contributed by atoms with Gasteiger partial charge in [0.1, 0.15) is 5.76 Å². The highest BCUT2D eigenvalue weighted by Gasteiger charge is 2.22. The number of urea groups is 1. The monoisotopic (exact) mass is 304 g/mol. The summed E-state index contributed by atoms with van der Waals surface area (Å²) < 4.78 is 11.0. The van der Waals surface area contributed by atoms with Crippen LogP contribution in [0, 0.1) is 0 Å². The number of hydrogen-bond acceptors (Lipinski definition) is 4. The van der Waals surface area contributed by atoms with E-state index in [2.05, 4.69) is 5.32 Å². The van der Waals surface area contributed by atoms with E-state index in [0.717, 1.165) is 18.2 Å². The molecule has 1 aromatic carbocycles. The number of methoxy groups -OCH3 is 1. The molecular formula is C16H20N2O4. The van der Waals surface area contributed by atoms with Crippen molar-refractivity contribution in [3.63, 3.8) is 0 Å². The number of likely N-dealkylation sites (tertiary alicyclic amines) is 1. The van der Waals surface area contributed by atoms with Crippen LogP contribution in [-0.4, -0.2) is 42.3 Å². The third-order valence-corrected chi connectivity index (χ3v) is 3.88. The van der Waals surface area contributed by atoms with Crippen LogP contribution in [0.2, 0.25) is 0 Å². The Bertz CT molecular complexity index is 667. The van der Waals surface area contributed by atoms with Gasteiger partial charge in [-0.25, -0.2) is 4.79 Å². The number of piperidine rings is 1. The molecular weight excluding hydrogens is 284 g/mol. The van der Waals surface area contributed by atoms with Crippen molar-refractivity contribution in [2.24, 2.45) is 0 Å². The standard InChI is InChI=1S/C16H20N2O4/c1-21-14-6-2-4-11-8-13(22-15(11)14)9-17-16(20)18-7-3-5-12(19)10-18/h2,4,6,8,12,19H,3,5,7,9-10H2,1H3,(H,17,20)/t12-/m1/s1. The molecule has 0 saturated carbocycles. The molecule has 118 valence electrons. The summed E-state index contributed by atoms with van der Waals surface area (Å²) in [5.41, 5.74) is 0.683. The minimum Gasteiger partial charge on any atom is -0.493 e. The van der Waals surface area contributed by atoms with Crippen LogP contribution in [0.5, 0.6) is 5.75 Å². The molecule has 1 saturated heterocycles. The lowest BCUT2D eigenvalue weighted by Gasteiger charge is -2.29. The molecule has 2 amide bonds. The van der Waals surface area contributed by atoms with Crippen LogP contribution < -0.4 is 10.1 Å². The number of para-hydroxylation sites is 1. The van der Waals surface area contributed by atoms with Gasteiger partial charge in [0, 0.05) is 18.5 Å². The Hall–Kier alpha value is -2.21. The molecule has 1 fully saturated rings. The van der Waals surface area contributed by atoms with Crippen LogP contribution >= 0.6 is 0 Å². The molecule has 0 radical (unpaired) electrons. The Morgan fingerprint density at radius 1 is 1.55 bits per heavy atom. The van der Waals surface area contributed by atoms with E-state index < -0.39 is 6.10 Å². The molecule has 6 heteroatoms. The minimum atomic E-state index is -0.421. The number of benzene rings is 1. The van der Waals surface area contributed by atoms with Gasteiger partial charge in [-0.2, -0.15) is 0 Å². The number of aliphatic hydroxyl groups excluding tert-OH is 1. The van der Waals surface area contributed by atoms with Gasteiger partial charge in [0.2, 0.25) is 0 Å². The number of hydrogen-bond donors (Lipinski definition) is 2. The summed E-state index contributed by atoms with van der Waals surface area (Å²) in [5.74, 6) is 1.35. The Morgan fingerprint density at radius 2 is 2.41 bits per heavy atom. The molecule has 0 spiro atoms. The number of rotatable bonds is 3. The van der Waals surface area contributed by atoms with Gasteiger partial charge in [0.25, 0.3) is 0 Å². The smallest absolute Gasteiger partial charge is 0.317 e. The quantitative estimate of drug-likeness (QED) is 0.910. The fourth-order valence-corrected chi connectivity index (χ4v) is 2.75.